The molecule has 17 heavy (non-hydrogen) atoms. The molecule has 1 fully saturated rings. The van der Waals surface area contributed by atoms with Crippen LogP contribution in [0.25, 0.3) is 0 Å². The molecule has 96 valence electrons. The Balaban J connectivity index is 2.24. The zero-order valence-electron chi connectivity index (χ0n) is 9.42. The first kappa shape index (κ1) is 12.8. The van der Waals surface area contributed by atoms with E-state index in [0.29, 0.717) is 35.0 Å². The van der Waals surface area contributed by atoms with Gasteiger partial charge in [-0.1, -0.05) is 13.3 Å². The molecule has 0 saturated heterocycles. The molecular formula is C11H14F3NOS. The normalized spacial score (nSPS) is 30.5. The van der Waals surface area contributed by atoms with Gasteiger partial charge in [0.25, 0.3) is 0 Å². The van der Waals surface area contributed by atoms with Crippen molar-refractivity contribution < 1.29 is 18.3 Å². The van der Waals surface area contributed by atoms with Gasteiger partial charge < -0.3 is 5.11 Å². The van der Waals surface area contributed by atoms with Crippen LogP contribution in [-0.2, 0) is 11.8 Å². The van der Waals surface area contributed by atoms with Crippen molar-refractivity contribution in [1.29, 1.82) is 0 Å². The molecule has 2 rings (SSSR count). The van der Waals surface area contributed by atoms with E-state index in [1.54, 1.807) is 0 Å². The van der Waals surface area contributed by atoms with Crippen LogP contribution >= 0.6 is 11.3 Å². The molecule has 2 atom stereocenters. The van der Waals surface area contributed by atoms with E-state index in [0.717, 1.165) is 12.8 Å². The molecule has 0 spiro atoms. The van der Waals surface area contributed by atoms with Gasteiger partial charge in [0, 0.05) is 6.20 Å². The van der Waals surface area contributed by atoms with Crippen molar-refractivity contribution in [3.05, 3.63) is 16.1 Å². The van der Waals surface area contributed by atoms with E-state index in [-0.39, 0.29) is 0 Å². The summed E-state index contributed by atoms with van der Waals surface area (Å²) in [6, 6.07) is 0. The average molecular weight is 265 g/mol. The van der Waals surface area contributed by atoms with Gasteiger partial charge in [0.15, 0.2) is 5.01 Å². The zero-order valence-corrected chi connectivity index (χ0v) is 10.2. The molecule has 1 N–H and O–H groups in total. The largest absolute Gasteiger partial charge is 0.443 e. The van der Waals surface area contributed by atoms with Crippen LogP contribution in [0.3, 0.4) is 0 Å². The Bertz CT molecular complexity index is 404. The standard InChI is InChI=1S/C11H14F3NOS/c1-7-3-2-4-10(16,5-7)8-6-15-9(17-8)11(12,13)14/h6-7,16H,2-5H2,1H3. The van der Waals surface area contributed by atoms with Crippen LogP contribution in [0.1, 0.15) is 42.5 Å². The third kappa shape index (κ3) is 2.63. The number of aromatic nitrogens is 1. The lowest BCUT2D eigenvalue weighted by Gasteiger charge is -2.34. The topological polar surface area (TPSA) is 33.1 Å². The lowest BCUT2D eigenvalue weighted by molar-refractivity contribution is -0.137. The number of rotatable bonds is 1. The van der Waals surface area contributed by atoms with Crippen LogP contribution in [0.5, 0.6) is 0 Å². The Labute approximate surface area is 101 Å². The second-order valence-corrected chi connectivity index (χ2v) is 5.79. The second-order valence-electron chi connectivity index (χ2n) is 4.76. The van der Waals surface area contributed by atoms with Gasteiger partial charge in [-0.25, -0.2) is 4.98 Å². The number of halogens is 3. The Morgan fingerprint density at radius 3 is 2.76 bits per heavy atom. The SMILES string of the molecule is CC1CCCC(O)(c2cnc(C(F)(F)F)s2)C1. The second kappa shape index (κ2) is 4.24. The maximum atomic E-state index is 12.4. The molecule has 1 aliphatic carbocycles. The minimum Gasteiger partial charge on any atom is -0.384 e. The van der Waals surface area contributed by atoms with Crippen LogP contribution in [0.15, 0.2) is 6.20 Å². The van der Waals surface area contributed by atoms with Gasteiger partial charge in [-0.05, 0) is 25.2 Å². The van der Waals surface area contributed by atoms with Gasteiger partial charge in [-0.2, -0.15) is 13.2 Å². The third-order valence-electron chi connectivity index (χ3n) is 3.18. The monoisotopic (exact) mass is 265 g/mol. The summed E-state index contributed by atoms with van der Waals surface area (Å²) in [7, 11) is 0. The number of nitrogens with zero attached hydrogens (tertiary/aromatic N) is 1. The van der Waals surface area contributed by atoms with Crippen LogP contribution in [-0.4, -0.2) is 10.1 Å². The molecule has 0 aliphatic heterocycles. The zero-order chi connectivity index (χ0) is 12.7. The summed E-state index contributed by atoms with van der Waals surface area (Å²) in [4.78, 5) is 3.71. The molecule has 0 bridgehead atoms. The van der Waals surface area contributed by atoms with Gasteiger partial charge in [0.05, 0.1) is 4.88 Å². The number of alkyl halides is 3. The molecule has 0 radical (unpaired) electrons. The van der Waals surface area contributed by atoms with Crippen LogP contribution in [0.2, 0.25) is 0 Å². The first-order chi connectivity index (χ1) is 7.81. The van der Waals surface area contributed by atoms with E-state index >= 15 is 0 Å². The number of aliphatic hydroxyl groups is 1. The lowest BCUT2D eigenvalue weighted by atomic mass is 9.78. The highest BCUT2D eigenvalue weighted by atomic mass is 32.1. The molecule has 1 aromatic heterocycles. The fourth-order valence-corrected chi connectivity index (χ4v) is 3.28. The van der Waals surface area contributed by atoms with Crippen LogP contribution in [0.4, 0.5) is 13.2 Å². The summed E-state index contributed by atoms with van der Waals surface area (Å²) in [5.74, 6) is 0.338. The van der Waals surface area contributed by atoms with Crippen molar-refractivity contribution in [2.75, 3.05) is 0 Å². The van der Waals surface area contributed by atoms with Gasteiger partial charge in [-0.15, -0.1) is 11.3 Å². The maximum Gasteiger partial charge on any atom is 0.443 e. The number of thiazole rings is 1. The minimum absolute atomic E-state index is 0.338. The van der Waals surface area contributed by atoms with Gasteiger partial charge in [0.1, 0.15) is 5.60 Å². The summed E-state index contributed by atoms with van der Waals surface area (Å²) in [6.07, 6.45) is -0.335. The van der Waals surface area contributed by atoms with E-state index in [1.165, 1.54) is 6.20 Å². The third-order valence-corrected chi connectivity index (χ3v) is 4.42. The van der Waals surface area contributed by atoms with Crippen LogP contribution in [0, 0.1) is 5.92 Å². The predicted molar refractivity (Wildman–Crippen MR) is 58.6 cm³/mol. The Kier molecular flexibility index (Phi) is 3.20. The smallest absolute Gasteiger partial charge is 0.384 e. The van der Waals surface area contributed by atoms with Gasteiger partial charge in [-0.3, -0.25) is 0 Å². The van der Waals surface area contributed by atoms with Gasteiger partial charge in [0.2, 0.25) is 0 Å². The lowest BCUT2D eigenvalue weighted by Crippen LogP contribution is -2.30. The van der Waals surface area contributed by atoms with Crippen molar-refractivity contribution in [3.63, 3.8) is 0 Å². The molecule has 6 heteroatoms. The van der Waals surface area contributed by atoms with Crippen molar-refractivity contribution in [2.45, 2.75) is 44.4 Å². The van der Waals surface area contributed by atoms with E-state index in [2.05, 4.69) is 4.98 Å². The van der Waals surface area contributed by atoms with Crippen LogP contribution < -0.4 is 0 Å². The Morgan fingerprint density at radius 2 is 2.24 bits per heavy atom. The highest BCUT2D eigenvalue weighted by Crippen LogP contribution is 2.43. The predicted octanol–water partition coefficient (Wildman–Crippen LogP) is 3.56. The molecule has 0 amide bonds. The molecule has 2 nitrogen and oxygen atoms in total. The van der Waals surface area contributed by atoms with Crippen molar-refractivity contribution in [3.8, 4) is 0 Å². The molecule has 1 saturated carbocycles. The van der Waals surface area contributed by atoms with E-state index in [1.807, 2.05) is 6.92 Å². The summed E-state index contributed by atoms with van der Waals surface area (Å²) in [5.41, 5.74) is -1.11. The quantitative estimate of drug-likeness (QED) is 0.842. The summed E-state index contributed by atoms with van der Waals surface area (Å²) in [5, 5.41) is 9.52. The first-order valence-corrected chi connectivity index (χ1v) is 6.39. The minimum atomic E-state index is -4.42. The summed E-state index contributed by atoms with van der Waals surface area (Å²) >= 11 is 0.561. The fraction of sp³-hybridized carbons (Fsp3) is 0.727. The molecule has 2 unspecified atom stereocenters. The number of hydrogen-bond acceptors (Lipinski definition) is 3. The molecule has 1 heterocycles. The summed E-state index contributed by atoms with van der Waals surface area (Å²) in [6.45, 7) is 2.01. The first-order valence-electron chi connectivity index (χ1n) is 5.57. The van der Waals surface area contributed by atoms with E-state index in [4.69, 9.17) is 0 Å². The Morgan fingerprint density at radius 1 is 1.53 bits per heavy atom. The highest BCUT2D eigenvalue weighted by molar-refractivity contribution is 7.11. The number of hydrogen-bond donors (Lipinski definition) is 1. The molecular weight excluding hydrogens is 251 g/mol. The molecule has 1 aromatic rings. The van der Waals surface area contributed by atoms with Crippen molar-refractivity contribution >= 4 is 11.3 Å². The van der Waals surface area contributed by atoms with E-state index in [9.17, 15) is 18.3 Å². The average Bonchev–Trinajstić information content (AvgIpc) is 2.65. The molecule has 1 aliphatic rings. The van der Waals surface area contributed by atoms with Crippen molar-refractivity contribution in [1.82, 2.24) is 4.98 Å². The summed E-state index contributed by atoms with van der Waals surface area (Å²) < 4.78 is 37.3. The molecule has 0 aromatic carbocycles. The Hall–Kier alpha value is -0.620. The van der Waals surface area contributed by atoms with Gasteiger partial charge >= 0.3 is 6.18 Å². The van der Waals surface area contributed by atoms with E-state index < -0.39 is 16.8 Å². The van der Waals surface area contributed by atoms with Crippen molar-refractivity contribution in [2.24, 2.45) is 5.92 Å². The maximum absolute atomic E-state index is 12.4. The highest BCUT2D eigenvalue weighted by Gasteiger charge is 2.40. The fourth-order valence-electron chi connectivity index (χ4n) is 2.37.